The highest BCUT2D eigenvalue weighted by Gasteiger charge is 2.45. The van der Waals surface area contributed by atoms with Gasteiger partial charge >= 0.3 is 0 Å². The van der Waals surface area contributed by atoms with Gasteiger partial charge in [0.2, 0.25) is 5.69 Å². The molecule has 0 amide bonds. The first-order valence-electron chi connectivity index (χ1n) is 6.80. The summed E-state index contributed by atoms with van der Waals surface area (Å²) in [5.41, 5.74) is 4.25. The molecule has 1 nitrogen and oxygen atoms in total. The van der Waals surface area contributed by atoms with Gasteiger partial charge in [0.15, 0.2) is 5.71 Å². The van der Waals surface area contributed by atoms with Crippen LogP contribution in [0.5, 0.6) is 0 Å². The third kappa shape index (κ3) is 1.51. The van der Waals surface area contributed by atoms with E-state index >= 15 is 0 Å². The predicted octanol–water partition coefficient (Wildman–Crippen LogP) is 4.42. The minimum Gasteiger partial charge on any atom is -0.202 e. The Labute approximate surface area is 114 Å². The van der Waals surface area contributed by atoms with E-state index in [4.69, 9.17) is 0 Å². The number of hydrogen-bond acceptors (Lipinski definition) is 0. The summed E-state index contributed by atoms with van der Waals surface area (Å²) < 4.78 is 2.32. The molecule has 1 heterocycles. The van der Waals surface area contributed by atoms with E-state index in [1.165, 1.54) is 27.7 Å². The van der Waals surface area contributed by atoms with E-state index in [0.29, 0.717) is 0 Å². The molecular weight excluding hydrogens is 230 g/mol. The molecule has 0 aliphatic carbocycles. The Morgan fingerprint density at radius 3 is 2.68 bits per heavy atom. The fraction of sp³-hybridized carbons (Fsp3) is 0.278. The zero-order valence-electron chi connectivity index (χ0n) is 11.9. The Morgan fingerprint density at radius 1 is 1.21 bits per heavy atom. The average molecular weight is 250 g/mol. The van der Waals surface area contributed by atoms with Crippen molar-refractivity contribution in [3.05, 3.63) is 54.6 Å². The van der Waals surface area contributed by atoms with E-state index in [1.807, 2.05) is 6.08 Å². The normalized spacial score (nSPS) is 21.8. The topological polar surface area (TPSA) is 3.01 Å². The summed E-state index contributed by atoms with van der Waals surface area (Å²) in [5, 5.41) is 2.69. The molecule has 0 N–H and O–H groups in total. The molecule has 2 aromatic carbocycles. The molecule has 96 valence electrons. The van der Waals surface area contributed by atoms with Crippen molar-refractivity contribution in [2.45, 2.75) is 25.7 Å². The van der Waals surface area contributed by atoms with Crippen LogP contribution in [0.1, 0.15) is 25.8 Å². The van der Waals surface area contributed by atoms with E-state index in [2.05, 4.69) is 68.4 Å². The lowest BCUT2D eigenvalue weighted by atomic mass is 9.75. The van der Waals surface area contributed by atoms with E-state index in [0.717, 1.165) is 6.42 Å². The van der Waals surface area contributed by atoms with Gasteiger partial charge in [0.25, 0.3) is 0 Å². The lowest BCUT2D eigenvalue weighted by Crippen LogP contribution is -2.29. The number of fused-ring (bicyclic) bond motifs is 3. The standard InChI is InChI=1S/C18H20N/c1-5-12-18(3)13(2)19(4)16-11-10-14-8-6-7-9-15(14)17(16)18/h5-11H,1,12H2,2-4H3/q+1. The van der Waals surface area contributed by atoms with Crippen LogP contribution >= 0.6 is 0 Å². The fourth-order valence-corrected chi connectivity index (χ4v) is 3.39. The van der Waals surface area contributed by atoms with Crippen molar-refractivity contribution in [3.63, 3.8) is 0 Å². The Balaban J connectivity index is 2.41. The predicted molar refractivity (Wildman–Crippen MR) is 82.6 cm³/mol. The van der Waals surface area contributed by atoms with Crippen LogP contribution in [0.4, 0.5) is 5.69 Å². The number of rotatable bonds is 2. The van der Waals surface area contributed by atoms with Gasteiger partial charge in [-0.15, -0.1) is 6.58 Å². The van der Waals surface area contributed by atoms with Crippen LogP contribution in [-0.2, 0) is 5.41 Å². The minimum atomic E-state index is 0.0622. The second-order valence-electron chi connectivity index (χ2n) is 5.65. The smallest absolute Gasteiger partial charge is 0.202 e. The second kappa shape index (κ2) is 4.06. The van der Waals surface area contributed by atoms with Crippen LogP contribution in [0.3, 0.4) is 0 Å². The molecule has 19 heavy (non-hydrogen) atoms. The molecule has 1 unspecified atom stereocenters. The molecule has 0 radical (unpaired) electrons. The Morgan fingerprint density at radius 2 is 1.95 bits per heavy atom. The summed E-state index contributed by atoms with van der Waals surface area (Å²) in [4.78, 5) is 0. The van der Waals surface area contributed by atoms with Crippen LogP contribution in [0.15, 0.2) is 49.1 Å². The molecule has 0 saturated carbocycles. The molecule has 0 spiro atoms. The van der Waals surface area contributed by atoms with Crippen LogP contribution in [0.25, 0.3) is 10.8 Å². The van der Waals surface area contributed by atoms with Crippen LogP contribution < -0.4 is 0 Å². The zero-order chi connectivity index (χ0) is 13.6. The summed E-state index contributed by atoms with van der Waals surface area (Å²) in [5.74, 6) is 0. The molecule has 0 bridgehead atoms. The number of allylic oxidation sites excluding steroid dienone is 1. The maximum atomic E-state index is 3.95. The van der Waals surface area contributed by atoms with Crippen molar-refractivity contribution < 1.29 is 4.58 Å². The minimum absolute atomic E-state index is 0.0622. The largest absolute Gasteiger partial charge is 0.209 e. The number of nitrogens with zero attached hydrogens (tertiary/aromatic N) is 1. The van der Waals surface area contributed by atoms with Crippen LogP contribution in [-0.4, -0.2) is 17.3 Å². The van der Waals surface area contributed by atoms with Gasteiger partial charge in [-0.1, -0.05) is 30.3 Å². The summed E-state index contributed by atoms with van der Waals surface area (Å²) in [6, 6.07) is 13.1. The van der Waals surface area contributed by atoms with E-state index in [9.17, 15) is 0 Å². The molecule has 3 rings (SSSR count). The third-order valence-corrected chi connectivity index (χ3v) is 4.67. The maximum absolute atomic E-state index is 3.95. The van der Waals surface area contributed by atoms with Gasteiger partial charge in [-0.2, -0.15) is 0 Å². The SMILES string of the molecule is C=CCC1(C)C(C)=[N+](C)c2ccc3ccccc3c21. The summed E-state index contributed by atoms with van der Waals surface area (Å²) in [6.07, 6.45) is 3.01. The molecule has 0 saturated heterocycles. The molecule has 0 aromatic heterocycles. The van der Waals surface area contributed by atoms with Gasteiger partial charge in [-0.25, -0.2) is 4.58 Å². The lowest BCUT2D eigenvalue weighted by molar-refractivity contribution is -0.403. The molecule has 1 atom stereocenters. The first-order valence-corrected chi connectivity index (χ1v) is 6.80. The van der Waals surface area contributed by atoms with Gasteiger partial charge in [0, 0.05) is 18.6 Å². The Hall–Kier alpha value is -1.89. The molecular formula is C18H20N+. The van der Waals surface area contributed by atoms with Crippen molar-refractivity contribution in [1.29, 1.82) is 0 Å². The van der Waals surface area contributed by atoms with E-state index in [1.54, 1.807) is 0 Å². The van der Waals surface area contributed by atoms with E-state index < -0.39 is 0 Å². The molecule has 1 heteroatoms. The van der Waals surface area contributed by atoms with Crippen molar-refractivity contribution >= 4 is 22.2 Å². The van der Waals surface area contributed by atoms with Gasteiger partial charge in [-0.3, -0.25) is 0 Å². The third-order valence-electron chi connectivity index (χ3n) is 4.67. The van der Waals surface area contributed by atoms with Crippen molar-refractivity contribution in [1.82, 2.24) is 0 Å². The summed E-state index contributed by atoms with van der Waals surface area (Å²) >= 11 is 0. The Kier molecular flexibility index (Phi) is 2.60. The van der Waals surface area contributed by atoms with Gasteiger partial charge in [0.05, 0.1) is 5.41 Å². The first-order chi connectivity index (χ1) is 9.09. The number of hydrogen-bond donors (Lipinski definition) is 0. The monoisotopic (exact) mass is 250 g/mol. The second-order valence-corrected chi connectivity index (χ2v) is 5.65. The Bertz CT molecular complexity index is 709. The van der Waals surface area contributed by atoms with Crippen molar-refractivity contribution in [3.8, 4) is 0 Å². The first kappa shape index (κ1) is 12.2. The maximum Gasteiger partial charge on any atom is 0.209 e. The van der Waals surface area contributed by atoms with Crippen molar-refractivity contribution in [2.24, 2.45) is 0 Å². The quantitative estimate of drug-likeness (QED) is 0.548. The van der Waals surface area contributed by atoms with Crippen LogP contribution in [0, 0.1) is 0 Å². The highest BCUT2D eigenvalue weighted by molar-refractivity contribution is 6.01. The molecule has 1 aliphatic heterocycles. The van der Waals surface area contributed by atoms with Gasteiger partial charge < -0.3 is 0 Å². The van der Waals surface area contributed by atoms with Gasteiger partial charge in [0.1, 0.15) is 7.05 Å². The van der Waals surface area contributed by atoms with Crippen LogP contribution in [0.2, 0.25) is 0 Å². The summed E-state index contributed by atoms with van der Waals surface area (Å²) in [7, 11) is 2.16. The van der Waals surface area contributed by atoms with Crippen molar-refractivity contribution in [2.75, 3.05) is 7.05 Å². The van der Waals surface area contributed by atoms with Gasteiger partial charge in [-0.05, 0) is 30.2 Å². The zero-order valence-corrected chi connectivity index (χ0v) is 11.9. The highest BCUT2D eigenvalue weighted by Crippen LogP contribution is 2.45. The fourth-order valence-electron chi connectivity index (χ4n) is 3.39. The lowest BCUT2D eigenvalue weighted by Gasteiger charge is -2.21. The average Bonchev–Trinajstić information content (AvgIpc) is 2.62. The molecule has 0 fully saturated rings. The molecule has 1 aliphatic rings. The van der Waals surface area contributed by atoms with E-state index in [-0.39, 0.29) is 5.41 Å². The molecule has 2 aromatic rings. The number of benzene rings is 2. The summed E-state index contributed by atoms with van der Waals surface area (Å²) in [6.45, 7) is 8.52. The highest BCUT2D eigenvalue weighted by atomic mass is 15.0.